The maximum absolute atomic E-state index is 12.8. The molecule has 2 heterocycles. The molecule has 2 aliphatic heterocycles. The first kappa shape index (κ1) is 14.4. The summed E-state index contributed by atoms with van der Waals surface area (Å²) in [6.45, 7) is 2.47. The van der Waals surface area contributed by atoms with Crippen molar-refractivity contribution < 1.29 is 14.3 Å². The van der Waals surface area contributed by atoms with Crippen molar-refractivity contribution in [2.75, 3.05) is 18.6 Å². The van der Waals surface area contributed by atoms with E-state index in [9.17, 15) is 9.59 Å². The Bertz CT molecular complexity index is 605. The number of hydrogen-bond donors (Lipinski definition) is 0. The number of piperazine rings is 1. The summed E-state index contributed by atoms with van der Waals surface area (Å²) in [5, 5.41) is 0. The predicted molar refractivity (Wildman–Crippen MR) is 82.4 cm³/mol. The Labute approximate surface area is 132 Å². The van der Waals surface area contributed by atoms with Gasteiger partial charge in [0, 0.05) is 22.8 Å². The Hall–Kier alpha value is -1.56. The number of methoxy groups -OCH3 is 1. The van der Waals surface area contributed by atoms with Crippen molar-refractivity contribution in [1.82, 2.24) is 4.90 Å². The first-order valence-corrected chi connectivity index (χ1v) is 7.80. The second kappa shape index (κ2) is 5.33. The van der Waals surface area contributed by atoms with Gasteiger partial charge < -0.3 is 9.64 Å². The van der Waals surface area contributed by atoms with Crippen LogP contribution in [0.4, 0.5) is 5.69 Å². The molecule has 2 atom stereocenters. The summed E-state index contributed by atoms with van der Waals surface area (Å²) < 4.78 is 6.06. The highest BCUT2D eigenvalue weighted by molar-refractivity contribution is 9.10. The summed E-state index contributed by atoms with van der Waals surface area (Å²) in [5.41, 5.74) is 0.693. The number of carbonyl (C=O) groups is 2. The van der Waals surface area contributed by atoms with Gasteiger partial charge in [0.15, 0.2) is 0 Å². The lowest BCUT2D eigenvalue weighted by atomic mass is 10.0. The van der Waals surface area contributed by atoms with E-state index in [1.165, 1.54) is 0 Å². The van der Waals surface area contributed by atoms with Crippen molar-refractivity contribution in [3.8, 4) is 5.75 Å². The van der Waals surface area contributed by atoms with Crippen LogP contribution >= 0.6 is 15.9 Å². The zero-order chi connectivity index (χ0) is 15.1. The third kappa shape index (κ3) is 2.31. The van der Waals surface area contributed by atoms with Gasteiger partial charge in [-0.3, -0.25) is 14.5 Å². The molecule has 0 saturated carbocycles. The predicted octanol–water partition coefficient (Wildman–Crippen LogP) is 2.18. The molecule has 2 unspecified atom stereocenters. The van der Waals surface area contributed by atoms with Gasteiger partial charge in [-0.25, -0.2) is 0 Å². The molecule has 3 rings (SSSR count). The normalized spacial score (nSPS) is 25.3. The molecule has 2 aliphatic rings. The zero-order valence-electron chi connectivity index (χ0n) is 12.0. The largest absolute Gasteiger partial charge is 0.497 e. The van der Waals surface area contributed by atoms with Gasteiger partial charge in [0.25, 0.3) is 5.91 Å². The van der Waals surface area contributed by atoms with Crippen LogP contribution in [0, 0.1) is 0 Å². The van der Waals surface area contributed by atoms with E-state index in [0.29, 0.717) is 18.0 Å². The molecule has 1 aromatic carbocycles. The highest BCUT2D eigenvalue weighted by atomic mass is 79.9. The van der Waals surface area contributed by atoms with Gasteiger partial charge in [-0.2, -0.15) is 0 Å². The summed E-state index contributed by atoms with van der Waals surface area (Å²) in [7, 11) is 1.58. The molecule has 0 aromatic heterocycles. The van der Waals surface area contributed by atoms with Crippen LogP contribution in [0.3, 0.4) is 0 Å². The van der Waals surface area contributed by atoms with Crippen LogP contribution in [-0.4, -0.2) is 42.5 Å². The lowest BCUT2D eigenvalue weighted by Crippen LogP contribution is -2.62. The number of rotatable bonds is 2. The van der Waals surface area contributed by atoms with Crippen molar-refractivity contribution in [1.29, 1.82) is 0 Å². The molecule has 2 saturated heterocycles. The van der Waals surface area contributed by atoms with Crippen LogP contribution < -0.4 is 9.64 Å². The molecule has 5 nitrogen and oxygen atoms in total. The molecule has 0 spiro atoms. The van der Waals surface area contributed by atoms with Gasteiger partial charge in [0.05, 0.1) is 7.11 Å². The van der Waals surface area contributed by atoms with Gasteiger partial charge in [-0.15, -0.1) is 0 Å². The summed E-state index contributed by atoms with van der Waals surface area (Å²) in [5.74, 6) is 0.677. The first-order valence-electron chi connectivity index (χ1n) is 7.01. The second-order valence-electron chi connectivity index (χ2n) is 5.42. The molecule has 0 radical (unpaired) electrons. The molecule has 0 bridgehead atoms. The van der Waals surface area contributed by atoms with Crippen molar-refractivity contribution >= 4 is 33.4 Å². The van der Waals surface area contributed by atoms with Gasteiger partial charge in [-0.1, -0.05) is 15.9 Å². The smallest absolute Gasteiger partial charge is 0.250 e. The highest BCUT2D eigenvalue weighted by Crippen LogP contribution is 2.34. The van der Waals surface area contributed by atoms with E-state index in [2.05, 4.69) is 15.9 Å². The lowest BCUT2D eigenvalue weighted by molar-refractivity contribution is -0.143. The van der Waals surface area contributed by atoms with Crippen molar-refractivity contribution in [3.05, 3.63) is 22.7 Å². The zero-order valence-corrected chi connectivity index (χ0v) is 13.6. The van der Waals surface area contributed by atoms with Crippen LogP contribution in [0.5, 0.6) is 5.75 Å². The Morgan fingerprint density at radius 3 is 2.71 bits per heavy atom. The fraction of sp³-hybridized carbons (Fsp3) is 0.467. The lowest BCUT2D eigenvalue weighted by Gasteiger charge is -2.41. The van der Waals surface area contributed by atoms with Crippen molar-refractivity contribution in [3.63, 3.8) is 0 Å². The van der Waals surface area contributed by atoms with E-state index >= 15 is 0 Å². The molecule has 21 heavy (non-hydrogen) atoms. The van der Waals surface area contributed by atoms with Crippen LogP contribution in [0.2, 0.25) is 0 Å². The van der Waals surface area contributed by atoms with Gasteiger partial charge in [0.2, 0.25) is 5.91 Å². The second-order valence-corrected chi connectivity index (χ2v) is 6.34. The van der Waals surface area contributed by atoms with E-state index in [-0.39, 0.29) is 17.9 Å². The van der Waals surface area contributed by atoms with E-state index < -0.39 is 6.04 Å². The standard InChI is InChI=1S/C15H17BrN2O3/c1-9-14(19)17-5-3-4-13(17)15(20)18(9)11-6-10(16)7-12(8-11)21-2/h6-9,13H,3-5H2,1-2H3. The number of hydrogen-bond acceptors (Lipinski definition) is 3. The topological polar surface area (TPSA) is 49.9 Å². The molecule has 112 valence electrons. The number of fused-ring (bicyclic) bond motifs is 1. The number of anilines is 1. The highest BCUT2D eigenvalue weighted by Gasteiger charge is 2.46. The van der Waals surface area contributed by atoms with Crippen LogP contribution in [0.25, 0.3) is 0 Å². The van der Waals surface area contributed by atoms with E-state index in [1.807, 2.05) is 12.1 Å². The molecule has 6 heteroatoms. The fourth-order valence-electron chi connectivity index (χ4n) is 3.14. The summed E-state index contributed by atoms with van der Waals surface area (Å²) in [6, 6.07) is 4.67. The van der Waals surface area contributed by atoms with Crippen LogP contribution in [0.1, 0.15) is 19.8 Å². The van der Waals surface area contributed by atoms with Crippen LogP contribution in [0.15, 0.2) is 22.7 Å². The maximum Gasteiger partial charge on any atom is 0.250 e. The van der Waals surface area contributed by atoms with Crippen LogP contribution in [-0.2, 0) is 9.59 Å². The Morgan fingerprint density at radius 1 is 1.24 bits per heavy atom. The minimum Gasteiger partial charge on any atom is -0.497 e. The third-order valence-electron chi connectivity index (χ3n) is 4.17. The molecule has 2 fully saturated rings. The average molecular weight is 353 g/mol. The number of amides is 2. The maximum atomic E-state index is 12.8. The molecule has 0 N–H and O–H groups in total. The van der Waals surface area contributed by atoms with Gasteiger partial charge in [0.1, 0.15) is 17.8 Å². The molecule has 1 aromatic rings. The van der Waals surface area contributed by atoms with Crippen molar-refractivity contribution in [2.24, 2.45) is 0 Å². The Balaban J connectivity index is 2.02. The summed E-state index contributed by atoms with van der Waals surface area (Å²) in [4.78, 5) is 28.5. The van der Waals surface area contributed by atoms with E-state index in [1.54, 1.807) is 29.9 Å². The molecule has 0 aliphatic carbocycles. The van der Waals surface area contributed by atoms with E-state index in [0.717, 1.165) is 17.3 Å². The van der Waals surface area contributed by atoms with Gasteiger partial charge in [-0.05, 0) is 31.9 Å². The minimum absolute atomic E-state index is 0.000229. The summed E-state index contributed by atoms with van der Waals surface area (Å²) >= 11 is 3.42. The number of carbonyl (C=O) groups excluding carboxylic acids is 2. The third-order valence-corrected chi connectivity index (χ3v) is 4.63. The fourth-order valence-corrected chi connectivity index (χ4v) is 3.60. The van der Waals surface area contributed by atoms with Crippen molar-refractivity contribution in [2.45, 2.75) is 31.8 Å². The Kier molecular flexibility index (Phi) is 3.65. The molecule has 2 amide bonds. The molecular formula is C15H17BrN2O3. The van der Waals surface area contributed by atoms with E-state index in [4.69, 9.17) is 4.74 Å². The SMILES string of the molecule is COc1cc(Br)cc(N2C(=O)C3CCCN3C(=O)C2C)c1. The number of ether oxygens (including phenoxy) is 1. The first-order chi connectivity index (χ1) is 10.0. The molecular weight excluding hydrogens is 336 g/mol. The minimum atomic E-state index is -0.481. The summed E-state index contributed by atoms with van der Waals surface area (Å²) in [6.07, 6.45) is 1.64. The van der Waals surface area contributed by atoms with Gasteiger partial charge >= 0.3 is 0 Å². The average Bonchev–Trinajstić information content (AvgIpc) is 2.94. The number of halogens is 1. The Morgan fingerprint density at radius 2 is 2.00 bits per heavy atom. The monoisotopic (exact) mass is 352 g/mol. The quantitative estimate of drug-likeness (QED) is 0.819. The number of nitrogens with zero attached hydrogens (tertiary/aromatic N) is 2. The number of benzene rings is 1.